The summed E-state index contributed by atoms with van der Waals surface area (Å²) in [7, 11) is 0. The number of hydrogen-bond donors (Lipinski definition) is 2. The van der Waals surface area contributed by atoms with Crippen molar-refractivity contribution < 1.29 is 5.11 Å². The van der Waals surface area contributed by atoms with E-state index in [1.54, 1.807) is 0 Å². The molecule has 1 atom stereocenters. The summed E-state index contributed by atoms with van der Waals surface area (Å²) in [5.74, 6) is 1.40. The van der Waals surface area contributed by atoms with Gasteiger partial charge in [-0.25, -0.2) is 4.98 Å². The Morgan fingerprint density at radius 2 is 2.23 bits per heavy atom. The lowest BCUT2D eigenvalue weighted by atomic mass is 10.1. The van der Waals surface area contributed by atoms with Crippen molar-refractivity contribution in [2.45, 2.75) is 71.2 Å². The average Bonchev–Trinajstić information content (AvgIpc) is 3.36. The molecule has 2 N–H and O–H groups in total. The molecule has 0 aromatic carbocycles. The Balaban J connectivity index is 1.44. The number of aromatic nitrogens is 4. The van der Waals surface area contributed by atoms with Gasteiger partial charge in [-0.05, 0) is 37.7 Å². The summed E-state index contributed by atoms with van der Waals surface area (Å²) in [6.45, 7) is 5.68. The molecule has 4 rings (SSSR count). The topological polar surface area (TPSA) is 70.0 Å². The molecular formula is C19H28ClN5O. The summed E-state index contributed by atoms with van der Waals surface area (Å²) in [5, 5.41) is 15.6. The number of aliphatic hydroxyl groups excluding tert-OH is 1. The fraction of sp³-hybridized carbons (Fsp3) is 0.684. The maximum Gasteiger partial charge on any atom is 0.151 e. The second-order valence-corrected chi connectivity index (χ2v) is 8.04. The van der Waals surface area contributed by atoms with Crippen LogP contribution in [0.3, 0.4) is 0 Å². The highest BCUT2D eigenvalue weighted by atomic mass is 35.5. The first kappa shape index (κ1) is 18.0. The van der Waals surface area contributed by atoms with Gasteiger partial charge in [0.15, 0.2) is 5.15 Å². The molecule has 142 valence electrons. The number of nitrogens with one attached hydrogen (secondary N) is 1. The van der Waals surface area contributed by atoms with Crippen molar-refractivity contribution >= 4 is 11.6 Å². The first-order chi connectivity index (χ1) is 12.6. The van der Waals surface area contributed by atoms with Gasteiger partial charge in [0.05, 0.1) is 17.1 Å². The number of aryl methyl sites for hydroxylation is 2. The van der Waals surface area contributed by atoms with Gasteiger partial charge in [-0.3, -0.25) is 9.58 Å². The highest BCUT2D eigenvalue weighted by Gasteiger charge is 2.33. The van der Waals surface area contributed by atoms with Crippen molar-refractivity contribution in [2.75, 3.05) is 6.54 Å². The smallest absolute Gasteiger partial charge is 0.151 e. The monoisotopic (exact) mass is 377 g/mol. The quantitative estimate of drug-likeness (QED) is 0.775. The molecule has 6 nitrogen and oxygen atoms in total. The molecule has 3 heterocycles. The van der Waals surface area contributed by atoms with Crippen molar-refractivity contribution in [1.29, 1.82) is 0 Å². The van der Waals surface area contributed by atoms with E-state index >= 15 is 0 Å². The van der Waals surface area contributed by atoms with Crippen LogP contribution in [0.1, 0.15) is 68.0 Å². The molecule has 7 heteroatoms. The van der Waals surface area contributed by atoms with Gasteiger partial charge in [-0.15, -0.1) is 0 Å². The molecule has 1 saturated carbocycles. The Labute approximate surface area is 159 Å². The number of imidazole rings is 1. The summed E-state index contributed by atoms with van der Waals surface area (Å²) in [5.41, 5.74) is 3.02. The molecule has 0 amide bonds. The van der Waals surface area contributed by atoms with Crippen LogP contribution in [0.25, 0.3) is 0 Å². The number of rotatable bonds is 7. The molecule has 1 aliphatic carbocycles. The van der Waals surface area contributed by atoms with Crippen LogP contribution in [0.15, 0.2) is 6.07 Å². The number of nitrogens with zero attached hydrogens (tertiary/aromatic N) is 4. The van der Waals surface area contributed by atoms with E-state index < -0.39 is 6.10 Å². The lowest BCUT2D eigenvalue weighted by Gasteiger charge is -2.18. The van der Waals surface area contributed by atoms with Crippen molar-refractivity contribution in [3.05, 3.63) is 34.1 Å². The Morgan fingerprint density at radius 3 is 3.00 bits per heavy atom. The number of unbranched alkanes of at least 4 members (excludes halogenated alkanes) is 1. The van der Waals surface area contributed by atoms with E-state index in [0.29, 0.717) is 11.1 Å². The molecule has 2 aliphatic rings. The van der Waals surface area contributed by atoms with Crippen LogP contribution in [0.2, 0.25) is 5.15 Å². The highest BCUT2D eigenvalue weighted by molar-refractivity contribution is 6.30. The van der Waals surface area contributed by atoms with E-state index in [1.807, 2.05) is 0 Å². The van der Waals surface area contributed by atoms with E-state index in [9.17, 15) is 5.11 Å². The average molecular weight is 378 g/mol. The minimum atomic E-state index is -0.397. The van der Waals surface area contributed by atoms with Crippen LogP contribution < -0.4 is 0 Å². The Hall–Kier alpha value is -1.37. The molecule has 0 saturated heterocycles. The lowest BCUT2D eigenvalue weighted by Crippen LogP contribution is -2.23. The largest absolute Gasteiger partial charge is 0.386 e. The van der Waals surface area contributed by atoms with Gasteiger partial charge in [-0.1, -0.05) is 24.9 Å². The summed E-state index contributed by atoms with van der Waals surface area (Å²) >= 11 is 6.35. The minimum absolute atomic E-state index is 0.397. The van der Waals surface area contributed by atoms with Gasteiger partial charge < -0.3 is 10.1 Å². The number of H-pyrrole nitrogens is 1. The zero-order valence-corrected chi connectivity index (χ0v) is 16.2. The summed E-state index contributed by atoms with van der Waals surface area (Å²) < 4.78 is 2.07. The van der Waals surface area contributed by atoms with Gasteiger partial charge in [0, 0.05) is 32.6 Å². The molecule has 2 aromatic heterocycles. The third kappa shape index (κ3) is 3.97. The number of fused-ring (bicyclic) bond motifs is 1. The van der Waals surface area contributed by atoms with Crippen LogP contribution in [-0.4, -0.2) is 36.3 Å². The lowest BCUT2D eigenvalue weighted by molar-refractivity contribution is 0.148. The molecule has 0 bridgehead atoms. The summed E-state index contributed by atoms with van der Waals surface area (Å²) in [6.07, 6.45) is 6.11. The number of hydrogen-bond acceptors (Lipinski definition) is 4. The predicted molar refractivity (Wildman–Crippen MR) is 101 cm³/mol. The number of aromatic amines is 1. The van der Waals surface area contributed by atoms with Crippen LogP contribution in [0.4, 0.5) is 0 Å². The molecule has 2 aromatic rings. The fourth-order valence-electron chi connectivity index (χ4n) is 3.71. The van der Waals surface area contributed by atoms with Gasteiger partial charge in [0.25, 0.3) is 0 Å². The molecule has 0 spiro atoms. The van der Waals surface area contributed by atoms with E-state index in [2.05, 4.69) is 37.6 Å². The Morgan fingerprint density at radius 1 is 1.38 bits per heavy atom. The van der Waals surface area contributed by atoms with Crippen molar-refractivity contribution in [1.82, 2.24) is 24.6 Å². The maximum absolute atomic E-state index is 10.4. The van der Waals surface area contributed by atoms with Gasteiger partial charge in [0.2, 0.25) is 0 Å². The first-order valence-corrected chi connectivity index (χ1v) is 10.2. The second-order valence-electron chi connectivity index (χ2n) is 7.69. The normalized spacial score (nSPS) is 19.3. The highest BCUT2D eigenvalue weighted by Crippen LogP contribution is 2.40. The molecule has 1 fully saturated rings. The van der Waals surface area contributed by atoms with Crippen molar-refractivity contribution in [3.63, 3.8) is 0 Å². The number of halogens is 1. The van der Waals surface area contributed by atoms with Gasteiger partial charge >= 0.3 is 0 Å². The van der Waals surface area contributed by atoms with Crippen LogP contribution >= 0.6 is 11.6 Å². The molecule has 26 heavy (non-hydrogen) atoms. The van der Waals surface area contributed by atoms with E-state index in [-0.39, 0.29) is 0 Å². The van der Waals surface area contributed by atoms with Gasteiger partial charge in [-0.2, -0.15) is 5.10 Å². The zero-order valence-electron chi connectivity index (χ0n) is 15.4. The second kappa shape index (κ2) is 7.71. The Bertz CT molecular complexity index is 751. The molecular weight excluding hydrogens is 350 g/mol. The summed E-state index contributed by atoms with van der Waals surface area (Å²) in [4.78, 5) is 10.3. The summed E-state index contributed by atoms with van der Waals surface area (Å²) in [6, 6.07) is 2.09. The Kier molecular flexibility index (Phi) is 5.34. The predicted octanol–water partition coefficient (Wildman–Crippen LogP) is 3.45. The third-order valence-electron chi connectivity index (χ3n) is 5.41. The number of aliphatic hydroxyl groups is 1. The fourth-order valence-corrected chi connectivity index (χ4v) is 3.92. The molecule has 0 unspecified atom stereocenters. The molecule has 1 aliphatic heterocycles. The van der Waals surface area contributed by atoms with Crippen molar-refractivity contribution in [3.8, 4) is 0 Å². The van der Waals surface area contributed by atoms with Crippen molar-refractivity contribution in [2.24, 2.45) is 5.92 Å². The standard InChI is InChI=1S/C19H28ClN5O/c1-2-3-5-17-21-16(19(20)22-17)12-24-8-4-9-25-14(11-24)10-15(23-25)18(26)13-6-7-13/h10,13,18,26H,2-9,11-12H2,1H3,(H,21,22)/t18-/m1/s1. The zero-order chi connectivity index (χ0) is 18.1. The third-order valence-corrected chi connectivity index (χ3v) is 5.72. The maximum atomic E-state index is 10.4. The van der Waals surface area contributed by atoms with Gasteiger partial charge in [0.1, 0.15) is 11.9 Å². The minimum Gasteiger partial charge on any atom is -0.386 e. The first-order valence-electron chi connectivity index (χ1n) is 9.84. The van der Waals surface area contributed by atoms with Crippen LogP contribution in [0.5, 0.6) is 0 Å². The SMILES string of the molecule is CCCCc1nc(Cl)c(CN2CCCn3nc([C@H](O)C4CC4)cc3C2)[nH]1. The van der Waals surface area contributed by atoms with E-state index in [0.717, 1.165) is 81.9 Å². The van der Waals surface area contributed by atoms with E-state index in [4.69, 9.17) is 11.6 Å². The molecule has 0 radical (unpaired) electrons. The van der Waals surface area contributed by atoms with E-state index in [1.165, 1.54) is 5.69 Å². The van der Waals surface area contributed by atoms with Crippen LogP contribution in [-0.2, 0) is 26.1 Å². The van der Waals surface area contributed by atoms with Crippen LogP contribution in [0, 0.1) is 5.92 Å².